The summed E-state index contributed by atoms with van der Waals surface area (Å²) in [4.78, 5) is 27.2. The van der Waals surface area contributed by atoms with E-state index in [2.05, 4.69) is 5.10 Å². The summed E-state index contributed by atoms with van der Waals surface area (Å²) >= 11 is 0. The number of hydrogen-bond donors (Lipinski definition) is 0. The highest BCUT2D eigenvalue weighted by Gasteiger charge is 2.38. The quantitative estimate of drug-likeness (QED) is 0.747. The summed E-state index contributed by atoms with van der Waals surface area (Å²) in [5.74, 6) is -0.605. The standard InChI is InChI=1S/C22H25N3O3/c1-5-28-22(27)18-14-20(25(23-18)17-9-7-6-8-10-17)21(26)24(4)19-12-11-15(2)13-16(19)3/h6-13,20H,5,14H2,1-4H3. The maximum Gasteiger partial charge on any atom is 0.354 e. The minimum atomic E-state index is -0.604. The average Bonchev–Trinajstić information content (AvgIpc) is 3.13. The number of carbonyl (C=O) groups excluding carboxylic acids is 2. The van der Waals surface area contributed by atoms with Crippen LogP contribution in [0.25, 0.3) is 0 Å². The summed E-state index contributed by atoms with van der Waals surface area (Å²) in [5, 5.41) is 6.04. The number of benzene rings is 2. The fraction of sp³-hybridized carbons (Fsp3) is 0.318. The Labute approximate surface area is 165 Å². The zero-order chi connectivity index (χ0) is 20.3. The van der Waals surface area contributed by atoms with Crippen LogP contribution in [-0.2, 0) is 14.3 Å². The number of esters is 1. The summed E-state index contributed by atoms with van der Waals surface area (Å²) < 4.78 is 5.09. The number of ether oxygens (including phenoxy) is 1. The fourth-order valence-corrected chi connectivity index (χ4v) is 3.38. The molecule has 0 bridgehead atoms. The van der Waals surface area contributed by atoms with Crippen molar-refractivity contribution in [3.8, 4) is 0 Å². The lowest BCUT2D eigenvalue weighted by Crippen LogP contribution is -2.44. The lowest BCUT2D eigenvalue weighted by molar-refractivity contribution is -0.135. The second-order valence-corrected chi connectivity index (χ2v) is 6.85. The van der Waals surface area contributed by atoms with Crippen molar-refractivity contribution in [2.24, 2.45) is 5.10 Å². The first-order chi connectivity index (χ1) is 13.4. The van der Waals surface area contributed by atoms with Gasteiger partial charge in [0.25, 0.3) is 5.91 Å². The van der Waals surface area contributed by atoms with Gasteiger partial charge in [-0.05, 0) is 44.5 Å². The molecule has 28 heavy (non-hydrogen) atoms. The number of aryl methyl sites for hydroxylation is 2. The van der Waals surface area contributed by atoms with Crippen LogP contribution in [0.5, 0.6) is 0 Å². The van der Waals surface area contributed by atoms with Gasteiger partial charge in [0.2, 0.25) is 0 Å². The number of hydrazone groups is 1. The van der Waals surface area contributed by atoms with Gasteiger partial charge in [0, 0.05) is 19.2 Å². The van der Waals surface area contributed by atoms with Crippen LogP contribution in [-0.4, -0.2) is 37.3 Å². The van der Waals surface area contributed by atoms with E-state index >= 15 is 0 Å². The van der Waals surface area contributed by atoms with E-state index in [4.69, 9.17) is 4.74 Å². The highest BCUT2D eigenvalue weighted by Crippen LogP contribution is 2.28. The molecule has 0 saturated heterocycles. The van der Waals surface area contributed by atoms with E-state index in [1.807, 2.05) is 62.4 Å². The molecule has 146 valence electrons. The molecule has 1 amide bonds. The predicted octanol–water partition coefficient (Wildman–Crippen LogP) is 3.46. The Kier molecular flexibility index (Phi) is 5.78. The maximum atomic E-state index is 13.4. The fourth-order valence-electron chi connectivity index (χ4n) is 3.38. The molecule has 2 aromatic carbocycles. The summed E-state index contributed by atoms with van der Waals surface area (Å²) in [6.45, 7) is 6.02. The van der Waals surface area contributed by atoms with Crippen LogP contribution in [0, 0.1) is 13.8 Å². The van der Waals surface area contributed by atoms with Crippen molar-refractivity contribution < 1.29 is 14.3 Å². The number of nitrogens with zero attached hydrogens (tertiary/aromatic N) is 3. The molecule has 0 spiro atoms. The molecule has 0 aliphatic carbocycles. The van der Waals surface area contributed by atoms with E-state index in [1.165, 1.54) is 0 Å². The second kappa shape index (κ2) is 8.25. The van der Waals surface area contributed by atoms with Gasteiger partial charge in [-0.25, -0.2) is 4.79 Å². The number of hydrogen-bond acceptors (Lipinski definition) is 5. The third kappa shape index (κ3) is 3.91. The van der Waals surface area contributed by atoms with Crippen LogP contribution in [0.1, 0.15) is 24.5 Å². The van der Waals surface area contributed by atoms with Gasteiger partial charge in [-0.2, -0.15) is 5.10 Å². The van der Waals surface area contributed by atoms with Crippen LogP contribution in [0.3, 0.4) is 0 Å². The molecule has 0 aromatic heterocycles. The summed E-state index contributed by atoms with van der Waals surface area (Å²) in [6, 6.07) is 14.8. The first-order valence-corrected chi connectivity index (χ1v) is 9.36. The molecule has 1 aliphatic rings. The predicted molar refractivity (Wildman–Crippen MR) is 111 cm³/mol. The van der Waals surface area contributed by atoms with Gasteiger partial charge in [0.15, 0.2) is 0 Å². The minimum absolute atomic E-state index is 0.126. The number of amides is 1. The van der Waals surface area contributed by atoms with Crippen LogP contribution < -0.4 is 9.91 Å². The first-order valence-electron chi connectivity index (χ1n) is 9.36. The Morgan fingerprint density at radius 2 is 1.89 bits per heavy atom. The minimum Gasteiger partial charge on any atom is -0.461 e. The topological polar surface area (TPSA) is 62.2 Å². The molecule has 1 unspecified atom stereocenters. The summed E-state index contributed by atoms with van der Waals surface area (Å²) in [6.07, 6.45) is 0.210. The maximum absolute atomic E-state index is 13.4. The van der Waals surface area contributed by atoms with Crippen molar-refractivity contribution in [2.45, 2.75) is 33.2 Å². The Morgan fingerprint density at radius 1 is 1.18 bits per heavy atom. The molecule has 6 nitrogen and oxygen atoms in total. The third-order valence-corrected chi connectivity index (χ3v) is 4.77. The molecule has 2 aromatic rings. The van der Waals surface area contributed by atoms with E-state index in [1.54, 1.807) is 23.9 Å². The molecule has 0 fully saturated rings. The Bertz CT molecular complexity index is 908. The van der Waals surface area contributed by atoms with E-state index in [0.29, 0.717) is 0 Å². The smallest absolute Gasteiger partial charge is 0.354 e. The molecule has 0 radical (unpaired) electrons. The zero-order valence-corrected chi connectivity index (χ0v) is 16.7. The van der Waals surface area contributed by atoms with Gasteiger partial charge in [-0.1, -0.05) is 35.9 Å². The van der Waals surface area contributed by atoms with Crippen molar-refractivity contribution in [1.29, 1.82) is 0 Å². The zero-order valence-electron chi connectivity index (χ0n) is 16.7. The largest absolute Gasteiger partial charge is 0.461 e. The van der Waals surface area contributed by atoms with Crippen molar-refractivity contribution in [1.82, 2.24) is 0 Å². The van der Waals surface area contributed by atoms with Gasteiger partial charge in [0.05, 0.1) is 12.3 Å². The molecule has 3 rings (SSSR count). The van der Waals surface area contributed by atoms with Gasteiger partial charge in [-0.15, -0.1) is 0 Å². The average molecular weight is 379 g/mol. The van der Waals surface area contributed by atoms with Crippen molar-refractivity contribution >= 4 is 29.0 Å². The van der Waals surface area contributed by atoms with Gasteiger partial charge >= 0.3 is 5.97 Å². The van der Waals surface area contributed by atoms with Crippen molar-refractivity contribution in [2.75, 3.05) is 23.6 Å². The van der Waals surface area contributed by atoms with Crippen molar-refractivity contribution in [3.05, 3.63) is 59.7 Å². The van der Waals surface area contributed by atoms with Gasteiger partial charge < -0.3 is 9.64 Å². The molecule has 0 N–H and O–H groups in total. The molecular weight excluding hydrogens is 354 g/mol. The highest BCUT2D eigenvalue weighted by atomic mass is 16.5. The van der Waals surface area contributed by atoms with Crippen LogP contribution >= 0.6 is 0 Å². The normalized spacial score (nSPS) is 15.9. The lowest BCUT2D eigenvalue weighted by atomic mass is 10.1. The highest BCUT2D eigenvalue weighted by molar-refractivity contribution is 6.38. The van der Waals surface area contributed by atoms with Gasteiger partial charge in [-0.3, -0.25) is 9.80 Å². The monoisotopic (exact) mass is 379 g/mol. The lowest BCUT2D eigenvalue weighted by Gasteiger charge is -2.28. The molecule has 1 aliphatic heterocycles. The molecule has 6 heteroatoms. The third-order valence-electron chi connectivity index (χ3n) is 4.77. The second-order valence-electron chi connectivity index (χ2n) is 6.85. The first kappa shape index (κ1) is 19.6. The molecule has 1 atom stereocenters. The Balaban J connectivity index is 1.91. The van der Waals surface area contributed by atoms with E-state index in [-0.39, 0.29) is 24.6 Å². The van der Waals surface area contributed by atoms with Crippen LogP contribution in [0.4, 0.5) is 11.4 Å². The Hall–Kier alpha value is -3.15. The van der Waals surface area contributed by atoms with E-state index in [0.717, 1.165) is 22.5 Å². The van der Waals surface area contributed by atoms with Crippen LogP contribution in [0.15, 0.2) is 53.6 Å². The SMILES string of the molecule is CCOC(=O)C1=NN(c2ccccc2)C(C(=O)N(C)c2ccc(C)cc2C)C1. The summed E-state index contributed by atoms with van der Waals surface area (Å²) in [7, 11) is 1.76. The van der Waals surface area contributed by atoms with E-state index < -0.39 is 12.0 Å². The number of likely N-dealkylation sites (N-methyl/N-ethyl adjacent to an activating group) is 1. The number of carbonyl (C=O) groups is 2. The molecular formula is C22H25N3O3. The Morgan fingerprint density at radius 3 is 2.54 bits per heavy atom. The molecule has 1 heterocycles. The van der Waals surface area contributed by atoms with E-state index in [9.17, 15) is 9.59 Å². The van der Waals surface area contributed by atoms with Crippen molar-refractivity contribution in [3.63, 3.8) is 0 Å². The van der Waals surface area contributed by atoms with Gasteiger partial charge in [0.1, 0.15) is 11.8 Å². The van der Waals surface area contributed by atoms with Crippen LogP contribution in [0.2, 0.25) is 0 Å². The summed E-state index contributed by atoms with van der Waals surface area (Å²) in [5.41, 5.74) is 4.02. The molecule has 0 saturated carbocycles. The number of rotatable bonds is 5. The number of anilines is 2. The number of para-hydroxylation sites is 1.